The number of amides is 1. The van der Waals surface area contributed by atoms with Crippen LogP contribution in [0.25, 0.3) is 10.9 Å². The van der Waals surface area contributed by atoms with Gasteiger partial charge in [-0.15, -0.1) is 0 Å². The van der Waals surface area contributed by atoms with E-state index in [4.69, 9.17) is 4.74 Å². The monoisotopic (exact) mass is 321 g/mol. The van der Waals surface area contributed by atoms with E-state index in [1.165, 1.54) is 0 Å². The van der Waals surface area contributed by atoms with Crippen molar-refractivity contribution < 1.29 is 9.53 Å². The number of carbonyl (C=O) groups excluding carboxylic acids is 1. The molecular formula is C19H19N3O2. The molecule has 0 unspecified atom stereocenters. The van der Waals surface area contributed by atoms with Gasteiger partial charge in [-0.2, -0.15) is 0 Å². The quantitative estimate of drug-likeness (QED) is 0.736. The Balaban J connectivity index is 2.14. The van der Waals surface area contributed by atoms with Crippen molar-refractivity contribution in [3.05, 3.63) is 60.0 Å². The third-order valence-electron chi connectivity index (χ3n) is 3.91. The summed E-state index contributed by atoms with van der Waals surface area (Å²) in [5, 5.41) is 0.789. The van der Waals surface area contributed by atoms with Crippen LogP contribution in [0.2, 0.25) is 0 Å². The van der Waals surface area contributed by atoms with Crippen molar-refractivity contribution in [3.63, 3.8) is 0 Å². The number of hydrogen-bond acceptors (Lipinski definition) is 4. The highest BCUT2D eigenvalue weighted by atomic mass is 16.5. The predicted molar refractivity (Wildman–Crippen MR) is 94.6 cm³/mol. The molecular weight excluding hydrogens is 302 g/mol. The van der Waals surface area contributed by atoms with Crippen molar-refractivity contribution in [3.8, 4) is 5.75 Å². The molecule has 0 spiro atoms. The van der Waals surface area contributed by atoms with E-state index in [-0.39, 0.29) is 5.91 Å². The van der Waals surface area contributed by atoms with Gasteiger partial charge in [0.1, 0.15) is 5.75 Å². The van der Waals surface area contributed by atoms with Crippen LogP contribution in [0.4, 0.5) is 5.69 Å². The molecule has 2 heterocycles. The molecule has 0 saturated carbocycles. The minimum Gasteiger partial charge on any atom is -0.497 e. The molecule has 0 aliphatic heterocycles. The van der Waals surface area contributed by atoms with Gasteiger partial charge in [0, 0.05) is 35.7 Å². The van der Waals surface area contributed by atoms with E-state index in [9.17, 15) is 4.79 Å². The molecule has 5 heteroatoms. The maximum absolute atomic E-state index is 13.2. The summed E-state index contributed by atoms with van der Waals surface area (Å²) in [5.74, 6) is 0.640. The van der Waals surface area contributed by atoms with Crippen molar-refractivity contribution in [2.24, 2.45) is 0 Å². The minimum absolute atomic E-state index is 0.0625. The van der Waals surface area contributed by atoms with Gasteiger partial charge in [0.2, 0.25) is 0 Å². The lowest BCUT2D eigenvalue weighted by molar-refractivity contribution is 0.0989. The van der Waals surface area contributed by atoms with Gasteiger partial charge < -0.3 is 9.64 Å². The van der Waals surface area contributed by atoms with Crippen molar-refractivity contribution >= 4 is 22.5 Å². The smallest absolute Gasteiger partial charge is 0.259 e. The van der Waals surface area contributed by atoms with E-state index >= 15 is 0 Å². The second-order valence-corrected chi connectivity index (χ2v) is 5.45. The zero-order valence-corrected chi connectivity index (χ0v) is 14.0. The Kier molecular flexibility index (Phi) is 4.42. The lowest BCUT2D eigenvalue weighted by atomic mass is 10.1. The van der Waals surface area contributed by atoms with Gasteiger partial charge >= 0.3 is 0 Å². The molecule has 1 amide bonds. The number of methoxy groups -OCH3 is 1. The summed E-state index contributed by atoms with van der Waals surface area (Å²) in [7, 11) is 1.61. The molecule has 0 atom stereocenters. The Morgan fingerprint density at radius 2 is 1.92 bits per heavy atom. The minimum atomic E-state index is -0.0625. The summed E-state index contributed by atoms with van der Waals surface area (Å²) in [6, 6.07) is 11.1. The fraction of sp³-hybridized carbons (Fsp3) is 0.211. The van der Waals surface area contributed by atoms with Crippen molar-refractivity contribution in [2.45, 2.75) is 13.8 Å². The molecule has 3 rings (SSSR count). The van der Waals surface area contributed by atoms with Crippen LogP contribution in [-0.4, -0.2) is 29.5 Å². The molecule has 0 bridgehead atoms. The van der Waals surface area contributed by atoms with E-state index in [2.05, 4.69) is 9.97 Å². The number of aryl methyl sites for hydroxylation is 1. The zero-order valence-electron chi connectivity index (χ0n) is 14.0. The molecule has 122 valence electrons. The third kappa shape index (κ3) is 2.93. The van der Waals surface area contributed by atoms with Crippen LogP contribution < -0.4 is 9.64 Å². The number of fused-ring (bicyclic) bond motifs is 1. The molecule has 24 heavy (non-hydrogen) atoms. The van der Waals surface area contributed by atoms with E-state index in [1.807, 2.05) is 50.2 Å². The summed E-state index contributed by atoms with van der Waals surface area (Å²) in [6.07, 6.45) is 3.37. The van der Waals surface area contributed by atoms with E-state index < -0.39 is 0 Å². The highest BCUT2D eigenvalue weighted by Gasteiger charge is 2.19. The van der Waals surface area contributed by atoms with Gasteiger partial charge in [-0.05, 0) is 50.2 Å². The van der Waals surface area contributed by atoms with E-state index in [0.717, 1.165) is 22.3 Å². The molecule has 0 radical (unpaired) electrons. The molecule has 3 aromatic rings. The standard InChI is InChI=1S/C19H19N3O2/c1-4-22(14-7-9-20-10-8-14)19(23)17-11-13(2)21-18-6-5-15(24-3)12-16(17)18/h5-12H,4H2,1-3H3. The first-order valence-corrected chi connectivity index (χ1v) is 7.81. The molecule has 2 aromatic heterocycles. The highest BCUT2D eigenvalue weighted by molar-refractivity contribution is 6.13. The molecule has 0 aliphatic rings. The molecule has 0 N–H and O–H groups in total. The Morgan fingerprint density at radius 1 is 1.17 bits per heavy atom. The Hall–Kier alpha value is -2.95. The summed E-state index contributed by atoms with van der Waals surface area (Å²) in [5.41, 5.74) is 3.03. The summed E-state index contributed by atoms with van der Waals surface area (Å²) in [6.45, 7) is 4.41. The fourth-order valence-electron chi connectivity index (χ4n) is 2.75. The first kappa shape index (κ1) is 15.9. The summed E-state index contributed by atoms with van der Waals surface area (Å²) >= 11 is 0. The van der Waals surface area contributed by atoms with Crippen LogP contribution in [0.3, 0.4) is 0 Å². The molecule has 0 fully saturated rings. The first-order chi connectivity index (χ1) is 11.6. The highest BCUT2D eigenvalue weighted by Crippen LogP contribution is 2.26. The van der Waals surface area contributed by atoms with Crippen molar-refractivity contribution in [1.82, 2.24) is 9.97 Å². The molecule has 5 nitrogen and oxygen atoms in total. The van der Waals surface area contributed by atoms with Gasteiger partial charge in [-0.25, -0.2) is 0 Å². The SMILES string of the molecule is CCN(C(=O)c1cc(C)nc2ccc(OC)cc12)c1ccncc1. The number of hydrogen-bond donors (Lipinski definition) is 0. The predicted octanol–water partition coefficient (Wildman–Crippen LogP) is 3.61. The van der Waals surface area contributed by atoms with Crippen LogP contribution in [0, 0.1) is 6.92 Å². The first-order valence-electron chi connectivity index (χ1n) is 7.81. The van der Waals surface area contributed by atoms with E-state index in [0.29, 0.717) is 17.9 Å². The van der Waals surface area contributed by atoms with Gasteiger partial charge in [0.25, 0.3) is 5.91 Å². The molecule has 0 aliphatic carbocycles. The maximum atomic E-state index is 13.2. The van der Waals surface area contributed by atoms with E-state index in [1.54, 1.807) is 24.4 Å². The number of anilines is 1. The average molecular weight is 321 g/mol. The Labute approximate surface area is 140 Å². The van der Waals surface area contributed by atoms with Gasteiger partial charge in [-0.3, -0.25) is 14.8 Å². The number of benzene rings is 1. The van der Waals surface area contributed by atoms with Crippen LogP contribution in [0.5, 0.6) is 5.75 Å². The number of pyridine rings is 2. The lowest BCUT2D eigenvalue weighted by Crippen LogP contribution is -2.31. The summed E-state index contributed by atoms with van der Waals surface area (Å²) < 4.78 is 5.30. The van der Waals surface area contributed by atoms with Crippen molar-refractivity contribution in [1.29, 1.82) is 0 Å². The largest absolute Gasteiger partial charge is 0.497 e. The number of ether oxygens (including phenoxy) is 1. The number of carbonyl (C=O) groups is 1. The maximum Gasteiger partial charge on any atom is 0.259 e. The zero-order chi connectivity index (χ0) is 17.1. The third-order valence-corrected chi connectivity index (χ3v) is 3.91. The van der Waals surface area contributed by atoms with Crippen molar-refractivity contribution in [2.75, 3.05) is 18.6 Å². The number of nitrogens with zero attached hydrogens (tertiary/aromatic N) is 3. The number of aromatic nitrogens is 2. The topological polar surface area (TPSA) is 55.3 Å². The lowest BCUT2D eigenvalue weighted by Gasteiger charge is -2.22. The average Bonchev–Trinajstić information content (AvgIpc) is 2.62. The summed E-state index contributed by atoms with van der Waals surface area (Å²) in [4.78, 5) is 23.4. The second-order valence-electron chi connectivity index (χ2n) is 5.45. The van der Waals surface area contributed by atoms with Crippen LogP contribution in [-0.2, 0) is 0 Å². The van der Waals surface area contributed by atoms with Crippen LogP contribution in [0.15, 0.2) is 48.8 Å². The van der Waals surface area contributed by atoms with Gasteiger partial charge in [-0.1, -0.05) is 0 Å². The number of rotatable bonds is 4. The molecule has 1 aromatic carbocycles. The van der Waals surface area contributed by atoms with Gasteiger partial charge in [0.05, 0.1) is 18.2 Å². The Bertz CT molecular complexity index is 878. The second kappa shape index (κ2) is 6.66. The van der Waals surface area contributed by atoms with Gasteiger partial charge in [0.15, 0.2) is 0 Å². The fourth-order valence-corrected chi connectivity index (χ4v) is 2.75. The molecule has 0 saturated heterocycles. The van der Waals surface area contributed by atoms with Crippen LogP contribution >= 0.6 is 0 Å². The van der Waals surface area contributed by atoms with Crippen LogP contribution in [0.1, 0.15) is 23.0 Å². The normalized spacial score (nSPS) is 10.6. The Morgan fingerprint density at radius 3 is 2.58 bits per heavy atom.